The molecule has 2 aliphatic carbocycles. The lowest BCUT2D eigenvalue weighted by Crippen LogP contribution is -2.36. The number of rotatable bonds is 4. The maximum atomic E-state index is 6.20. The van der Waals surface area contributed by atoms with E-state index in [-0.39, 0.29) is 0 Å². The summed E-state index contributed by atoms with van der Waals surface area (Å²) in [6.07, 6.45) is 5.74. The van der Waals surface area contributed by atoms with Gasteiger partial charge < -0.3 is 9.64 Å². The molecular weight excluding hydrogens is 238 g/mol. The Kier molecular flexibility index (Phi) is 2.72. The average Bonchev–Trinajstić information content (AvgIpc) is 3.11. The highest BCUT2D eigenvalue weighted by Gasteiger charge is 2.48. The number of nitrogens with zero attached hydrogens (tertiary/aromatic N) is 3. The first-order valence-electron chi connectivity index (χ1n) is 7.50. The van der Waals surface area contributed by atoms with E-state index in [9.17, 15) is 0 Å². The van der Waals surface area contributed by atoms with Crippen molar-refractivity contribution in [1.82, 2.24) is 10.2 Å². The molecule has 1 aromatic heterocycles. The SMILES string of the molecule is Cc1ccc(N2CC3CCC2C3OCC2CC2)nn1. The molecule has 0 amide bonds. The van der Waals surface area contributed by atoms with Gasteiger partial charge in [0.2, 0.25) is 0 Å². The highest BCUT2D eigenvalue weighted by atomic mass is 16.5. The third-order valence-electron chi connectivity index (χ3n) is 4.81. The average molecular weight is 259 g/mol. The molecule has 0 radical (unpaired) electrons. The molecule has 102 valence electrons. The number of hydrogen-bond acceptors (Lipinski definition) is 4. The molecule has 3 aliphatic rings. The smallest absolute Gasteiger partial charge is 0.151 e. The number of piperidine rings is 1. The fourth-order valence-electron chi connectivity index (χ4n) is 3.53. The lowest BCUT2D eigenvalue weighted by Gasteiger charge is -2.27. The minimum atomic E-state index is 0.434. The quantitative estimate of drug-likeness (QED) is 0.830. The lowest BCUT2D eigenvalue weighted by atomic mass is 10.1. The maximum Gasteiger partial charge on any atom is 0.151 e. The molecule has 19 heavy (non-hydrogen) atoms. The zero-order valence-corrected chi connectivity index (χ0v) is 11.5. The van der Waals surface area contributed by atoms with Gasteiger partial charge in [-0.25, -0.2) is 0 Å². The van der Waals surface area contributed by atoms with Gasteiger partial charge in [0.25, 0.3) is 0 Å². The van der Waals surface area contributed by atoms with E-state index in [1.54, 1.807) is 0 Å². The van der Waals surface area contributed by atoms with Gasteiger partial charge >= 0.3 is 0 Å². The fourth-order valence-corrected chi connectivity index (χ4v) is 3.53. The van der Waals surface area contributed by atoms with Crippen molar-refractivity contribution in [2.45, 2.75) is 44.8 Å². The van der Waals surface area contributed by atoms with Crippen LogP contribution in [-0.2, 0) is 4.74 Å². The van der Waals surface area contributed by atoms with Crippen LogP contribution in [0.15, 0.2) is 12.1 Å². The van der Waals surface area contributed by atoms with Gasteiger partial charge in [0, 0.05) is 19.1 Å². The Bertz CT molecular complexity index is 457. The summed E-state index contributed by atoms with van der Waals surface area (Å²) >= 11 is 0. The first-order valence-corrected chi connectivity index (χ1v) is 7.50. The van der Waals surface area contributed by atoms with Crippen LogP contribution in [-0.4, -0.2) is 35.5 Å². The van der Waals surface area contributed by atoms with Crippen molar-refractivity contribution in [3.8, 4) is 0 Å². The summed E-state index contributed by atoms with van der Waals surface area (Å²) in [7, 11) is 0. The third kappa shape index (κ3) is 2.12. The van der Waals surface area contributed by atoms with Crippen molar-refractivity contribution in [3.63, 3.8) is 0 Å². The molecule has 0 spiro atoms. The predicted octanol–water partition coefficient (Wildman–Crippen LogP) is 2.18. The van der Waals surface area contributed by atoms with E-state index in [0.717, 1.165) is 30.6 Å². The number of aromatic nitrogens is 2. The molecule has 3 fully saturated rings. The zero-order chi connectivity index (χ0) is 12.8. The number of hydrogen-bond donors (Lipinski definition) is 0. The second-order valence-corrected chi connectivity index (χ2v) is 6.33. The summed E-state index contributed by atoms with van der Waals surface area (Å²) in [6, 6.07) is 4.68. The van der Waals surface area contributed by atoms with Crippen molar-refractivity contribution in [3.05, 3.63) is 17.8 Å². The first-order chi connectivity index (χ1) is 9.31. The van der Waals surface area contributed by atoms with Gasteiger partial charge in [0.05, 0.1) is 17.8 Å². The normalized spacial score (nSPS) is 33.1. The van der Waals surface area contributed by atoms with Gasteiger partial charge in [-0.3, -0.25) is 0 Å². The largest absolute Gasteiger partial charge is 0.375 e. The van der Waals surface area contributed by atoms with E-state index in [4.69, 9.17) is 4.74 Å². The van der Waals surface area contributed by atoms with Crippen LogP contribution in [0.3, 0.4) is 0 Å². The molecule has 1 aliphatic heterocycles. The van der Waals surface area contributed by atoms with Crippen LogP contribution < -0.4 is 4.90 Å². The summed E-state index contributed by atoms with van der Waals surface area (Å²) in [4.78, 5) is 2.41. The number of fused-ring (bicyclic) bond motifs is 2. The molecule has 0 aromatic carbocycles. The third-order valence-corrected chi connectivity index (χ3v) is 4.81. The Balaban J connectivity index is 1.48. The minimum absolute atomic E-state index is 0.434. The molecule has 3 atom stereocenters. The molecule has 3 unspecified atom stereocenters. The van der Waals surface area contributed by atoms with Gasteiger partial charge in [-0.2, -0.15) is 5.10 Å². The van der Waals surface area contributed by atoms with Gasteiger partial charge in [-0.15, -0.1) is 5.10 Å². The van der Waals surface area contributed by atoms with Crippen LogP contribution in [0.2, 0.25) is 0 Å². The molecule has 1 saturated heterocycles. The summed E-state index contributed by atoms with van der Waals surface area (Å²) in [5.41, 5.74) is 0.981. The van der Waals surface area contributed by atoms with Gasteiger partial charge in [-0.05, 0) is 50.7 Å². The molecule has 4 rings (SSSR count). The van der Waals surface area contributed by atoms with E-state index < -0.39 is 0 Å². The van der Waals surface area contributed by atoms with Crippen molar-refractivity contribution in [2.24, 2.45) is 11.8 Å². The Hall–Kier alpha value is -1.16. The standard InChI is InChI=1S/C15H21N3O/c1-10-2-7-14(17-16-10)18-8-12-5-6-13(18)15(12)19-9-11-3-4-11/h2,7,11-13,15H,3-6,8-9H2,1H3. The van der Waals surface area contributed by atoms with E-state index >= 15 is 0 Å². The molecule has 2 bridgehead atoms. The van der Waals surface area contributed by atoms with Gasteiger partial charge in [0.15, 0.2) is 5.82 Å². The van der Waals surface area contributed by atoms with Crippen LogP contribution in [0.5, 0.6) is 0 Å². The molecule has 1 aromatic rings. The molecule has 2 heterocycles. The second kappa shape index (κ2) is 4.44. The number of ether oxygens (including phenoxy) is 1. The molecule has 4 heteroatoms. The Morgan fingerprint density at radius 2 is 2.11 bits per heavy atom. The Morgan fingerprint density at radius 1 is 1.21 bits per heavy atom. The van der Waals surface area contributed by atoms with E-state index in [2.05, 4.69) is 21.2 Å². The zero-order valence-electron chi connectivity index (χ0n) is 11.5. The van der Waals surface area contributed by atoms with Crippen molar-refractivity contribution in [2.75, 3.05) is 18.1 Å². The summed E-state index contributed by atoms with van der Waals surface area (Å²) in [5, 5.41) is 8.53. The van der Waals surface area contributed by atoms with Crippen LogP contribution in [0, 0.1) is 18.8 Å². The Morgan fingerprint density at radius 3 is 2.84 bits per heavy atom. The van der Waals surface area contributed by atoms with Crippen molar-refractivity contribution in [1.29, 1.82) is 0 Å². The number of aryl methyl sites for hydroxylation is 1. The monoisotopic (exact) mass is 259 g/mol. The van der Waals surface area contributed by atoms with E-state index in [1.165, 1.54) is 25.7 Å². The topological polar surface area (TPSA) is 38.2 Å². The molecule has 0 N–H and O–H groups in total. The molecular formula is C15H21N3O. The van der Waals surface area contributed by atoms with Crippen molar-refractivity contribution >= 4 is 5.82 Å². The van der Waals surface area contributed by atoms with Gasteiger partial charge in [-0.1, -0.05) is 0 Å². The molecule has 2 saturated carbocycles. The van der Waals surface area contributed by atoms with E-state index in [1.807, 2.05) is 13.0 Å². The highest BCUT2D eigenvalue weighted by molar-refractivity contribution is 5.42. The second-order valence-electron chi connectivity index (χ2n) is 6.33. The van der Waals surface area contributed by atoms with E-state index in [0.29, 0.717) is 18.1 Å². The highest BCUT2D eigenvalue weighted by Crippen LogP contribution is 2.42. The van der Waals surface area contributed by atoms with Crippen LogP contribution in [0.4, 0.5) is 5.82 Å². The Labute approximate surface area is 114 Å². The summed E-state index contributed by atoms with van der Waals surface area (Å²) in [5.74, 6) is 2.58. The molecule has 4 nitrogen and oxygen atoms in total. The van der Waals surface area contributed by atoms with Crippen LogP contribution >= 0.6 is 0 Å². The summed E-state index contributed by atoms with van der Waals surface area (Å²) < 4.78 is 6.20. The maximum absolute atomic E-state index is 6.20. The van der Waals surface area contributed by atoms with Gasteiger partial charge in [0.1, 0.15) is 0 Å². The summed E-state index contributed by atoms with van der Waals surface area (Å²) in [6.45, 7) is 4.05. The van der Waals surface area contributed by atoms with Crippen molar-refractivity contribution < 1.29 is 4.74 Å². The minimum Gasteiger partial charge on any atom is -0.375 e. The van der Waals surface area contributed by atoms with Crippen LogP contribution in [0.1, 0.15) is 31.4 Å². The number of anilines is 1. The fraction of sp³-hybridized carbons (Fsp3) is 0.733. The van der Waals surface area contributed by atoms with Crippen LogP contribution in [0.25, 0.3) is 0 Å². The first kappa shape index (κ1) is 11.6. The predicted molar refractivity (Wildman–Crippen MR) is 73.1 cm³/mol. The lowest BCUT2D eigenvalue weighted by molar-refractivity contribution is 0.0323.